The van der Waals surface area contributed by atoms with Crippen LogP contribution in [0, 0.1) is 20.8 Å². The van der Waals surface area contributed by atoms with Crippen LogP contribution in [0.2, 0.25) is 0 Å². The molecule has 1 unspecified atom stereocenters. The van der Waals surface area contributed by atoms with Crippen molar-refractivity contribution in [2.45, 2.75) is 79.6 Å². The lowest BCUT2D eigenvalue weighted by Gasteiger charge is -2.35. The van der Waals surface area contributed by atoms with E-state index in [4.69, 9.17) is 0 Å². The molecule has 3 N–H and O–H groups in total. The van der Waals surface area contributed by atoms with Gasteiger partial charge in [0.05, 0.1) is 6.61 Å². The molecule has 0 aliphatic heterocycles. The van der Waals surface area contributed by atoms with E-state index < -0.39 is 5.41 Å². The molecular formula is C31H42O3S. The number of phenolic OH excluding ortho intramolecular Hbond substituents is 2. The topological polar surface area (TPSA) is 60.7 Å². The summed E-state index contributed by atoms with van der Waals surface area (Å²) in [5.41, 5.74) is 9.58. The van der Waals surface area contributed by atoms with Crippen molar-refractivity contribution in [2.75, 3.05) is 6.26 Å². The number of hydrogen-bond acceptors (Lipinski definition) is 4. The molecule has 0 aromatic heterocycles. The fourth-order valence-corrected chi connectivity index (χ4v) is 5.54. The van der Waals surface area contributed by atoms with Gasteiger partial charge in [-0.05, 0) is 102 Å². The second kappa shape index (κ2) is 11.5. The van der Waals surface area contributed by atoms with Crippen molar-refractivity contribution in [1.82, 2.24) is 0 Å². The van der Waals surface area contributed by atoms with Crippen molar-refractivity contribution in [1.29, 1.82) is 0 Å². The van der Waals surface area contributed by atoms with Crippen LogP contribution in [0.15, 0.2) is 36.4 Å². The molecule has 3 nitrogen and oxygen atoms in total. The molecule has 0 fully saturated rings. The largest absolute Gasteiger partial charge is 0.507 e. The standard InChI is InChI=1S/C30H38O3S.CH4/c1-8-21-12-26(13-22(9-2)29(21)33)30(6,25-10-18(3)28(32)19(4)11-25)27-14-23(16-31)20(5)24(15-27)17-34-7;/h10-15,31-33H,8-9,16-17H2,1-7H3;1H4. The molecule has 0 bridgehead atoms. The van der Waals surface area contributed by atoms with E-state index in [1.165, 1.54) is 5.56 Å². The zero-order valence-corrected chi connectivity index (χ0v) is 22.4. The number of hydrogen-bond donors (Lipinski definition) is 3. The number of rotatable bonds is 8. The SMILES string of the molecule is C.CCc1cc(C(C)(c2cc(C)c(O)c(C)c2)c2cc(CO)c(C)c(CSC)c2)cc(CC)c1O. The third-order valence-corrected chi connectivity index (χ3v) is 7.95. The Morgan fingerprint density at radius 1 is 0.714 bits per heavy atom. The van der Waals surface area contributed by atoms with Crippen molar-refractivity contribution < 1.29 is 15.3 Å². The van der Waals surface area contributed by atoms with Gasteiger partial charge in [0.15, 0.2) is 0 Å². The predicted octanol–water partition coefficient (Wildman–Crippen LogP) is 7.49. The van der Waals surface area contributed by atoms with Gasteiger partial charge in [0, 0.05) is 11.2 Å². The third-order valence-electron chi connectivity index (χ3n) is 7.35. The van der Waals surface area contributed by atoms with E-state index in [1.54, 1.807) is 11.8 Å². The molecule has 35 heavy (non-hydrogen) atoms. The van der Waals surface area contributed by atoms with Crippen LogP contribution in [0.5, 0.6) is 11.5 Å². The molecular weight excluding hydrogens is 452 g/mol. The van der Waals surface area contributed by atoms with Gasteiger partial charge in [-0.1, -0.05) is 57.7 Å². The lowest BCUT2D eigenvalue weighted by atomic mass is 9.68. The number of aliphatic hydroxyl groups is 1. The van der Waals surface area contributed by atoms with Gasteiger partial charge in [0.25, 0.3) is 0 Å². The molecule has 0 saturated carbocycles. The number of aromatic hydroxyl groups is 2. The molecule has 3 aromatic carbocycles. The normalized spacial score (nSPS) is 12.8. The fraction of sp³-hybridized carbons (Fsp3) is 0.419. The summed E-state index contributed by atoms with van der Waals surface area (Å²) in [7, 11) is 0. The minimum atomic E-state index is -0.546. The molecule has 0 heterocycles. The van der Waals surface area contributed by atoms with E-state index in [-0.39, 0.29) is 14.0 Å². The first-order chi connectivity index (χ1) is 16.1. The maximum atomic E-state index is 10.8. The molecule has 4 heteroatoms. The first kappa shape index (κ1) is 28.8. The molecule has 0 aliphatic carbocycles. The van der Waals surface area contributed by atoms with Crippen LogP contribution < -0.4 is 0 Å². The Labute approximate surface area is 216 Å². The number of thioether (sulfide) groups is 1. The summed E-state index contributed by atoms with van der Waals surface area (Å²) in [6.07, 6.45) is 3.57. The van der Waals surface area contributed by atoms with Crippen LogP contribution in [0.3, 0.4) is 0 Å². The van der Waals surface area contributed by atoms with Crippen molar-refractivity contribution in [2.24, 2.45) is 0 Å². The van der Waals surface area contributed by atoms with Crippen LogP contribution in [-0.4, -0.2) is 21.6 Å². The molecule has 1 atom stereocenters. The van der Waals surface area contributed by atoms with Crippen molar-refractivity contribution in [3.05, 3.63) is 92.0 Å². The van der Waals surface area contributed by atoms with Gasteiger partial charge in [0.2, 0.25) is 0 Å². The Morgan fingerprint density at radius 2 is 1.14 bits per heavy atom. The van der Waals surface area contributed by atoms with Gasteiger partial charge in [-0.2, -0.15) is 11.8 Å². The first-order valence-electron chi connectivity index (χ1n) is 12.0. The minimum absolute atomic E-state index is 0. The highest BCUT2D eigenvalue weighted by Crippen LogP contribution is 2.44. The highest BCUT2D eigenvalue weighted by atomic mass is 32.2. The Bertz CT molecular complexity index is 1150. The van der Waals surface area contributed by atoms with E-state index in [2.05, 4.69) is 70.3 Å². The average molecular weight is 495 g/mol. The lowest BCUT2D eigenvalue weighted by Crippen LogP contribution is -2.27. The molecule has 0 spiro atoms. The van der Waals surface area contributed by atoms with Gasteiger partial charge < -0.3 is 15.3 Å². The number of benzene rings is 3. The zero-order valence-electron chi connectivity index (χ0n) is 21.5. The molecule has 3 aromatic rings. The Hall–Kier alpha value is -2.43. The molecule has 0 radical (unpaired) electrons. The van der Waals surface area contributed by atoms with E-state index in [9.17, 15) is 15.3 Å². The molecule has 190 valence electrons. The summed E-state index contributed by atoms with van der Waals surface area (Å²) in [6.45, 7) is 12.3. The summed E-state index contributed by atoms with van der Waals surface area (Å²) >= 11 is 1.77. The average Bonchev–Trinajstić information content (AvgIpc) is 2.83. The summed E-state index contributed by atoms with van der Waals surface area (Å²) < 4.78 is 0. The maximum Gasteiger partial charge on any atom is 0.121 e. The van der Waals surface area contributed by atoms with Crippen LogP contribution in [0.4, 0.5) is 0 Å². The first-order valence-corrected chi connectivity index (χ1v) is 13.4. The summed E-state index contributed by atoms with van der Waals surface area (Å²) in [5, 5.41) is 31.5. The second-order valence-corrected chi connectivity index (χ2v) is 10.3. The Balaban J connectivity index is 0.00000432. The lowest BCUT2D eigenvalue weighted by molar-refractivity contribution is 0.280. The van der Waals surface area contributed by atoms with E-state index in [0.29, 0.717) is 11.5 Å². The van der Waals surface area contributed by atoms with Crippen molar-refractivity contribution >= 4 is 11.8 Å². The summed E-state index contributed by atoms with van der Waals surface area (Å²) in [5.74, 6) is 1.58. The molecule has 0 saturated heterocycles. The third kappa shape index (κ3) is 5.24. The van der Waals surface area contributed by atoms with Gasteiger partial charge >= 0.3 is 0 Å². The smallest absolute Gasteiger partial charge is 0.121 e. The van der Waals surface area contributed by atoms with Crippen LogP contribution in [-0.2, 0) is 30.6 Å². The van der Waals surface area contributed by atoms with Gasteiger partial charge in [-0.15, -0.1) is 0 Å². The number of phenols is 2. The van der Waals surface area contributed by atoms with E-state index in [1.807, 2.05) is 13.8 Å². The van der Waals surface area contributed by atoms with Crippen LogP contribution in [0.1, 0.15) is 83.8 Å². The quantitative estimate of drug-likeness (QED) is 0.284. The minimum Gasteiger partial charge on any atom is -0.507 e. The molecule has 3 rings (SSSR count). The second-order valence-electron chi connectivity index (χ2n) is 9.44. The van der Waals surface area contributed by atoms with E-state index >= 15 is 0 Å². The van der Waals surface area contributed by atoms with Gasteiger partial charge in [-0.25, -0.2) is 0 Å². The summed E-state index contributed by atoms with van der Waals surface area (Å²) in [6, 6.07) is 12.8. The zero-order chi connectivity index (χ0) is 25.2. The number of aliphatic hydroxyl groups excluding tert-OH is 1. The Kier molecular flexibility index (Phi) is 9.49. The van der Waals surface area contributed by atoms with E-state index in [0.717, 1.165) is 68.7 Å². The van der Waals surface area contributed by atoms with Crippen LogP contribution >= 0.6 is 11.8 Å². The van der Waals surface area contributed by atoms with Gasteiger partial charge in [-0.3, -0.25) is 0 Å². The highest BCUT2D eigenvalue weighted by molar-refractivity contribution is 7.97. The number of aryl methyl sites for hydroxylation is 4. The van der Waals surface area contributed by atoms with Crippen molar-refractivity contribution in [3.8, 4) is 11.5 Å². The van der Waals surface area contributed by atoms with Crippen molar-refractivity contribution in [3.63, 3.8) is 0 Å². The predicted molar refractivity (Wildman–Crippen MR) is 151 cm³/mol. The summed E-state index contributed by atoms with van der Waals surface area (Å²) in [4.78, 5) is 0. The molecule has 0 aliphatic rings. The van der Waals surface area contributed by atoms with Gasteiger partial charge in [0.1, 0.15) is 11.5 Å². The Morgan fingerprint density at radius 3 is 1.57 bits per heavy atom. The highest BCUT2D eigenvalue weighted by Gasteiger charge is 2.34. The monoisotopic (exact) mass is 494 g/mol. The fourth-order valence-electron chi connectivity index (χ4n) is 4.93. The maximum absolute atomic E-state index is 10.8. The molecule has 0 amide bonds. The van der Waals surface area contributed by atoms with Crippen LogP contribution in [0.25, 0.3) is 0 Å².